The van der Waals surface area contributed by atoms with E-state index < -0.39 is 0 Å². The van der Waals surface area contributed by atoms with E-state index in [0.717, 1.165) is 29.6 Å². The molecule has 0 saturated carbocycles. The Morgan fingerprint density at radius 1 is 1.32 bits per heavy atom. The number of anilines is 2. The molecule has 0 spiro atoms. The molecule has 0 unspecified atom stereocenters. The molecule has 2 rings (SSSR count). The zero-order valence-corrected chi connectivity index (χ0v) is 12.6. The lowest BCUT2D eigenvalue weighted by Crippen LogP contribution is -2.39. The van der Waals surface area contributed by atoms with Crippen LogP contribution in [0.4, 0.5) is 11.6 Å². The summed E-state index contributed by atoms with van der Waals surface area (Å²) < 4.78 is 0. The van der Waals surface area contributed by atoms with E-state index in [9.17, 15) is 0 Å². The van der Waals surface area contributed by atoms with E-state index >= 15 is 0 Å². The first-order chi connectivity index (χ1) is 8.86. The maximum atomic E-state index is 5.60. The fourth-order valence-corrected chi connectivity index (χ4v) is 2.68. The van der Waals surface area contributed by atoms with Crippen molar-refractivity contribution >= 4 is 11.6 Å². The van der Waals surface area contributed by atoms with Gasteiger partial charge < -0.3 is 10.3 Å². The van der Waals surface area contributed by atoms with E-state index in [0.29, 0.717) is 0 Å². The van der Waals surface area contributed by atoms with Crippen molar-refractivity contribution in [3.05, 3.63) is 11.4 Å². The van der Waals surface area contributed by atoms with Gasteiger partial charge in [0.05, 0.1) is 0 Å². The molecule has 1 aliphatic rings. The fourth-order valence-electron chi connectivity index (χ4n) is 2.68. The van der Waals surface area contributed by atoms with Gasteiger partial charge in [-0.25, -0.2) is 15.8 Å². The average Bonchev–Trinajstić information content (AvgIpc) is 2.69. The van der Waals surface area contributed by atoms with Crippen LogP contribution in [0.5, 0.6) is 0 Å². The Labute approximate surface area is 115 Å². The Morgan fingerprint density at radius 2 is 2.00 bits per heavy atom. The molecule has 19 heavy (non-hydrogen) atoms. The van der Waals surface area contributed by atoms with E-state index in [1.807, 2.05) is 6.92 Å². The molecule has 0 aliphatic carbocycles. The van der Waals surface area contributed by atoms with Gasteiger partial charge in [-0.05, 0) is 33.6 Å². The predicted molar refractivity (Wildman–Crippen MR) is 79.3 cm³/mol. The van der Waals surface area contributed by atoms with Gasteiger partial charge in [-0.2, -0.15) is 0 Å². The van der Waals surface area contributed by atoms with Crippen LogP contribution in [-0.4, -0.2) is 22.1 Å². The van der Waals surface area contributed by atoms with Crippen molar-refractivity contribution in [2.75, 3.05) is 16.9 Å². The minimum absolute atomic E-state index is 0.152. The Bertz CT molecular complexity index is 467. The molecule has 1 saturated heterocycles. The molecule has 0 amide bonds. The van der Waals surface area contributed by atoms with E-state index in [2.05, 4.69) is 43.0 Å². The second kappa shape index (κ2) is 4.96. The van der Waals surface area contributed by atoms with Crippen LogP contribution in [0.1, 0.15) is 57.8 Å². The van der Waals surface area contributed by atoms with Gasteiger partial charge in [0.15, 0.2) is 0 Å². The van der Waals surface area contributed by atoms with Gasteiger partial charge in [0.1, 0.15) is 17.5 Å². The smallest absolute Gasteiger partial charge is 0.148 e. The third-order valence-corrected chi connectivity index (χ3v) is 3.95. The molecule has 5 heteroatoms. The maximum absolute atomic E-state index is 5.60. The average molecular weight is 263 g/mol. The highest BCUT2D eigenvalue weighted by atomic mass is 15.3. The Morgan fingerprint density at radius 3 is 2.47 bits per heavy atom. The number of rotatable bonds is 3. The van der Waals surface area contributed by atoms with Gasteiger partial charge in [0, 0.05) is 23.6 Å². The summed E-state index contributed by atoms with van der Waals surface area (Å²) in [7, 11) is 0. The normalized spacial score (nSPS) is 18.2. The number of nitrogens with two attached hydrogens (primary N) is 1. The van der Waals surface area contributed by atoms with Gasteiger partial charge in [0.2, 0.25) is 0 Å². The predicted octanol–water partition coefficient (Wildman–Crippen LogP) is 2.57. The highest BCUT2D eigenvalue weighted by molar-refractivity contribution is 5.60. The summed E-state index contributed by atoms with van der Waals surface area (Å²) in [4.78, 5) is 11.7. The minimum Gasteiger partial charge on any atom is -0.351 e. The monoisotopic (exact) mass is 263 g/mol. The molecule has 1 aliphatic heterocycles. The van der Waals surface area contributed by atoms with Crippen LogP contribution in [0, 0.1) is 6.92 Å². The largest absolute Gasteiger partial charge is 0.351 e. The third-order valence-electron chi connectivity index (χ3n) is 3.95. The van der Waals surface area contributed by atoms with E-state index in [1.165, 1.54) is 12.8 Å². The van der Waals surface area contributed by atoms with Crippen molar-refractivity contribution in [3.8, 4) is 0 Å². The molecule has 5 nitrogen and oxygen atoms in total. The minimum atomic E-state index is 0.152. The molecule has 0 bridgehead atoms. The van der Waals surface area contributed by atoms with E-state index in [-0.39, 0.29) is 11.5 Å². The number of hydrogen-bond acceptors (Lipinski definition) is 5. The molecule has 1 aromatic heterocycles. The number of nitrogens with zero attached hydrogens (tertiary/aromatic N) is 3. The summed E-state index contributed by atoms with van der Waals surface area (Å²) in [5, 5.41) is 0. The van der Waals surface area contributed by atoms with Gasteiger partial charge in [-0.3, -0.25) is 0 Å². The molecule has 106 valence electrons. The second-order valence-electron chi connectivity index (χ2n) is 6.25. The Balaban J connectivity index is 2.52. The van der Waals surface area contributed by atoms with Crippen LogP contribution in [0.3, 0.4) is 0 Å². The number of nitrogens with one attached hydrogen (secondary N) is 1. The highest BCUT2D eigenvalue weighted by Crippen LogP contribution is 2.36. The number of aromatic nitrogens is 2. The standard InChI is InChI=1S/C14H25N5/c1-9(2)11-16-12(18-15)10(3)13(17-11)19-8-6-7-14(19,4)5/h9H,6-8,15H2,1-5H3,(H,16,17,18). The van der Waals surface area contributed by atoms with Gasteiger partial charge in [-0.1, -0.05) is 13.8 Å². The molecular weight excluding hydrogens is 238 g/mol. The summed E-state index contributed by atoms with van der Waals surface area (Å²) in [5.41, 5.74) is 3.89. The Hall–Kier alpha value is -1.36. The van der Waals surface area contributed by atoms with Crippen LogP contribution < -0.4 is 16.2 Å². The summed E-state index contributed by atoms with van der Waals surface area (Å²) in [5.74, 6) is 8.48. The first-order valence-corrected chi connectivity index (χ1v) is 6.99. The Kier molecular flexibility index (Phi) is 3.67. The quantitative estimate of drug-likeness (QED) is 0.648. The van der Waals surface area contributed by atoms with Crippen LogP contribution >= 0.6 is 0 Å². The van der Waals surface area contributed by atoms with Crippen molar-refractivity contribution in [2.45, 2.75) is 58.9 Å². The molecule has 1 fully saturated rings. The van der Waals surface area contributed by atoms with Crippen LogP contribution in [0.25, 0.3) is 0 Å². The molecule has 0 radical (unpaired) electrons. The summed E-state index contributed by atoms with van der Waals surface area (Å²) >= 11 is 0. The number of hydrazine groups is 1. The highest BCUT2D eigenvalue weighted by Gasteiger charge is 2.34. The molecule has 2 heterocycles. The first kappa shape index (κ1) is 14.1. The zero-order chi connectivity index (χ0) is 14.2. The topological polar surface area (TPSA) is 67.1 Å². The zero-order valence-electron chi connectivity index (χ0n) is 12.6. The van der Waals surface area contributed by atoms with Crippen molar-refractivity contribution in [2.24, 2.45) is 5.84 Å². The molecular formula is C14H25N5. The van der Waals surface area contributed by atoms with Crippen molar-refractivity contribution in [1.82, 2.24) is 9.97 Å². The first-order valence-electron chi connectivity index (χ1n) is 6.99. The number of nitrogen functional groups attached to an aromatic ring is 1. The van der Waals surface area contributed by atoms with Crippen molar-refractivity contribution in [1.29, 1.82) is 0 Å². The molecule has 3 N–H and O–H groups in total. The summed E-state index contributed by atoms with van der Waals surface area (Å²) in [6.45, 7) is 11.8. The molecule has 1 aromatic rings. The van der Waals surface area contributed by atoms with Gasteiger partial charge in [0.25, 0.3) is 0 Å². The fraction of sp³-hybridized carbons (Fsp3) is 0.714. The summed E-state index contributed by atoms with van der Waals surface area (Å²) in [6.07, 6.45) is 2.40. The molecule has 0 atom stereocenters. The maximum Gasteiger partial charge on any atom is 0.148 e. The second-order valence-corrected chi connectivity index (χ2v) is 6.25. The van der Waals surface area contributed by atoms with Crippen molar-refractivity contribution < 1.29 is 0 Å². The van der Waals surface area contributed by atoms with Crippen LogP contribution in [0.15, 0.2) is 0 Å². The van der Waals surface area contributed by atoms with Crippen molar-refractivity contribution in [3.63, 3.8) is 0 Å². The molecule has 0 aromatic carbocycles. The lowest BCUT2D eigenvalue weighted by atomic mass is 10.0. The van der Waals surface area contributed by atoms with Crippen LogP contribution in [-0.2, 0) is 0 Å². The lowest BCUT2D eigenvalue weighted by molar-refractivity contribution is 0.512. The van der Waals surface area contributed by atoms with Crippen LogP contribution in [0.2, 0.25) is 0 Å². The van der Waals surface area contributed by atoms with Gasteiger partial charge >= 0.3 is 0 Å². The number of hydrogen-bond donors (Lipinski definition) is 2. The van der Waals surface area contributed by atoms with E-state index in [1.54, 1.807) is 0 Å². The SMILES string of the molecule is Cc1c(NN)nc(C(C)C)nc1N1CCCC1(C)C. The van der Waals surface area contributed by atoms with E-state index in [4.69, 9.17) is 10.8 Å². The van der Waals surface area contributed by atoms with Gasteiger partial charge in [-0.15, -0.1) is 0 Å². The third kappa shape index (κ3) is 2.52. The lowest BCUT2D eigenvalue weighted by Gasteiger charge is -2.34. The summed E-state index contributed by atoms with van der Waals surface area (Å²) in [6, 6.07) is 0.